The van der Waals surface area contributed by atoms with E-state index in [0.717, 1.165) is 16.4 Å². The Hall–Kier alpha value is -1.84. The number of aromatic hydroxyl groups is 1. The zero-order valence-corrected chi connectivity index (χ0v) is 13.7. The molecule has 0 bridgehead atoms. The summed E-state index contributed by atoms with van der Waals surface area (Å²) >= 11 is 0. The van der Waals surface area contributed by atoms with Gasteiger partial charge < -0.3 is 18.5 Å². The minimum Gasteiger partial charge on any atom is -0.508 e. The van der Waals surface area contributed by atoms with Gasteiger partial charge >= 0.3 is 18.9 Å². The molecule has 4 heteroatoms. The third-order valence-corrected chi connectivity index (χ3v) is 4.34. The van der Waals surface area contributed by atoms with E-state index in [0.29, 0.717) is 14.1 Å². The Morgan fingerprint density at radius 1 is 0.739 bits per heavy atom. The van der Waals surface area contributed by atoms with Crippen molar-refractivity contribution in [1.82, 2.24) is 0 Å². The topological polar surface area (TPSA) is 37.3 Å². The third-order valence-electron chi connectivity index (χ3n) is 3.32. The molecule has 0 aliphatic carbocycles. The molecular weight excluding hydrogens is 298 g/mol. The van der Waals surface area contributed by atoms with Gasteiger partial charge in [-0.25, -0.2) is 0 Å². The maximum Gasteiger partial charge on any atom is 1.00 e. The Morgan fingerprint density at radius 3 is 1.91 bits per heavy atom. The molecule has 0 atom stereocenters. The van der Waals surface area contributed by atoms with Gasteiger partial charge in [-0.05, 0) is 28.8 Å². The first kappa shape index (κ1) is 17.5. The van der Waals surface area contributed by atoms with Gasteiger partial charge in [-0.2, -0.15) is 5.30 Å². The molecule has 0 unspecified atom stereocenters. The zero-order valence-electron chi connectivity index (χ0n) is 12.8. The van der Waals surface area contributed by atoms with Crippen molar-refractivity contribution in [2.24, 2.45) is 0 Å². The summed E-state index contributed by atoms with van der Waals surface area (Å²) in [5.41, 5.74) is 2.92. The van der Waals surface area contributed by atoms with E-state index in [1.165, 1.54) is 12.1 Å². The van der Waals surface area contributed by atoms with Crippen molar-refractivity contribution in [3.05, 3.63) is 84.4 Å². The van der Waals surface area contributed by atoms with Crippen LogP contribution in [0.1, 0.15) is 10.4 Å². The Bertz CT molecular complexity index is 769. The zero-order chi connectivity index (χ0) is 15.4. The molecule has 0 fully saturated rings. The molecule has 0 aromatic heterocycles. The molecule has 3 aromatic carbocycles. The van der Waals surface area contributed by atoms with Crippen LogP contribution in [0.2, 0.25) is 0 Å². The number of rotatable bonds is 4. The van der Waals surface area contributed by atoms with Crippen molar-refractivity contribution in [3.8, 4) is 16.9 Å². The quantitative estimate of drug-likeness (QED) is 0.585. The summed E-state index contributed by atoms with van der Waals surface area (Å²) in [5.74, 6) is 0.167. The van der Waals surface area contributed by atoms with Crippen LogP contribution < -0.4 is 24.2 Å². The summed E-state index contributed by atoms with van der Waals surface area (Å²) in [6.07, 6.45) is 0. The van der Waals surface area contributed by atoms with E-state index in [9.17, 15) is 9.90 Å². The smallest absolute Gasteiger partial charge is 0.508 e. The Labute approximate surface area is 149 Å². The first-order chi connectivity index (χ1) is 10.7. The molecule has 0 saturated carbocycles. The molecule has 2 nitrogen and oxygen atoms in total. The van der Waals surface area contributed by atoms with Gasteiger partial charge in [0.1, 0.15) is 5.75 Å². The first-order valence-corrected chi connectivity index (χ1v) is 7.82. The summed E-state index contributed by atoms with van der Waals surface area (Å²) < 4.78 is 0. The molecule has 3 rings (SSSR count). The third kappa shape index (κ3) is 4.56. The van der Waals surface area contributed by atoms with Crippen molar-refractivity contribution < 1.29 is 28.8 Å². The summed E-state index contributed by atoms with van der Waals surface area (Å²) in [7, 11) is 0.636. The monoisotopic (exact) mass is 312 g/mol. The van der Waals surface area contributed by atoms with Crippen LogP contribution in [0, 0.1) is 0 Å². The van der Waals surface area contributed by atoms with Crippen molar-refractivity contribution in [2.45, 2.75) is 0 Å². The van der Waals surface area contributed by atoms with Gasteiger partial charge in [-0.1, -0.05) is 66.7 Å². The van der Waals surface area contributed by atoms with Gasteiger partial charge in [0.15, 0.2) is 0 Å². The summed E-state index contributed by atoms with van der Waals surface area (Å²) in [5, 5.41) is 10.2. The minimum atomic E-state index is 0. The second-order valence-corrected chi connectivity index (χ2v) is 6.02. The van der Waals surface area contributed by atoms with Crippen LogP contribution >= 0.6 is 8.58 Å². The SMILES string of the molecule is O=C([P-]c1ccc(-c2ccccc2)cc1)c1ccc(O)cc1.[Li+]. The number of carbonyl (C=O) groups excluding carboxylic acids is 1. The van der Waals surface area contributed by atoms with Crippen molar-refractivity contribution in [1.29, 1.82) is 0 Å². The van der Waals surface area contributed by atoms with E-state index in [2.05, 4.69) is 12.1 Å². The molecule has 0 spiro atoms. The van der Waals surface area contributed by atoms with E-state index in [-0.39, 0.29) is 30.1 Å². The van der Waals surface area contributed by atoms with Gasteiger partial charge in [-0.15, -0.1) is 0 Å². The second kappa shape index (κ2) is 8.13. The molecule has 108 valence electrons. The molecule has 0 aliphatic rings. The number of benzene rings is 3. The first-order valence-electron chi connectivity index (χ1n) is 6.93. The summed E-state index contributed by atoms with van der Waals surface area (Å²) in [4.78, 5) is 12.2. The number of phenols is 1. The van der Waals surface area contributed by atoms with Crippen molar-refractivity contribution >= 4 is 19.4 Å². The van der Waals surface area contributed by atoms with Gasteiger partial charge in [-0.3, -0.25) is 0 Å². The van der Waals surface area contributed by atoms with Gasteiger partial charge in [0, 0.05) is 5.52 Å². The van der Waals surface area contributed by atoms with Gasteiger partial charge in [0.2, 0.25) is 0 Å². The predicted octanol–water partition coefficient (Wildman–Crippen LogP) is 1.48. The molecule has 0 aliphatic heterocycles. The standard InChI is InChI=1S/C19H14O2P.Li/c20-17-10-6-16(7-11-17)19(21)22-18-12-8-15(9-13-18)14-4-2-1-3-5-14;/h1-13,20H;/q-1;+1. The minimum absolute atomic E-state index is 0. The average Bonchev–Trinajstić information content (AvgIpc) is 2.57. The fourth-order valence-electron chi connectivity index (χ4n) is 2.14. The Morgan fingerprint density at radius 2 is 1.30 bits per heavy atom. The van der Waals surface area contributed by atoms with E-state index >= 15 is 0 Å². The maximum atomic E-state index is 12.2. The van der Waals surface area contributed by atoms with E-state index in [4.69, 9.17) is 0 Å². The van der Waals surface area contributed by atoms with Crippen LogP contribution in [0.4, 0.5) is 0 Å². The van der Waals surface area contributed by atoms with Gasteiger partial charge in [0.25, 0.3) is 0 Å². The van der Waals surface area contributed by atoms with Crippen LogP contribution in [0.15, 0.2) is 78.9 Å². The Kier molecular flexibility index (Phi) is 6.19. The van der Waals surface area contributed by atoms with Crippen LogP contribution in [0.5, 0.6) is 5.75 Å². The fraction of sp³-hybridized carbons (Fsp3) is 0. The second-order valence-electron chi connectivity index (χ2n) is 4.88. The van der Waals surface area contributed by atoms with Crippen molar-refractivity contribution in [3.63, 3.8) is 0 Å². The molecule has 0 radical (unpaired) electrons. The number of phenolic OH excluding ortho intramolecular Hbond substituents is 1. The largest absolute Gasteiger partial charge is 1.00 e. The molecule has 0 saturated heterocycles. The molecule has 23 heavy (non-hydrogen) atoms. The molecule has 1 N–H and O–H groups in total. The average molecular weight is 312 g/mol. The van der Waals surface area contributed by atoms with Gasteiger partial charge in [0.05, 0.1) is 0 Å². The maximum absolute atomic E-state index is 12.2. The van der Waals surface area contributed by atoms with E-state index in [1.54, 1.807) is 12.1 Å². The Balaban J connectivity index is 0.00000192. The van der Waals surface area contributed by atoms with Crippen LogP contribution in [0.3, 0.4) is 0 Å². The normalized spacial score (nSPS) is 10.4. The number of hydrogen-bond acceptors (Lipinski definition) is 2. The van der Waals surface area contributed by atoms with Crippen LogP contribution in [-0.4, -0.2) is 10.6 Å². The van der Waals surface area contributed by atoms with Crippen molar-refractivity contribution in [2.75, 3.05) is 0 Å². The fourth-order valence-corrected chi connectivity index (χ4v) is 2.96. The van der Waals surface area contributed by atoms with E-state index < -0.39 is 0 Å². The predicted molar refractivity (Wildman–Crippen MR) is 90.9 cm³/mol. The number of hydrogen-bond donors (Lipinski definition) is 1. The summed E-state index contributed by atoms with van der Waals surface area (Å²) in [6.45, 7) is 0. The van der Waals surface area contributed by atoms with Crippen LogP contribution in [0.25, 0.3) is 11.1 Å². The molecular formula is C19H14LiO2P. The molecule has 0 heterocycles. The van der Waals surface area contributed by atoms with Crippen LogP contribution in [-0.2, 0) is 0 Å². The van der Waals surface area contributed by atoms with E-state index in [1.807, 2.05) is 42.5 Å². The number of carbonyl (C=O) groups is 1. The summed E-state index contributed by atoms with van der Waals surface area (Å²) in [6, 6.07) is 24.5. The molecule has 3 aromatic rings. The molecule has 0 amide bonds.